The number of hydrogen-bond acceptors (Lipinski definition) is 8. The van der Waals surface area contributed by atoms with Crippen LogP contribution in [-0.2, 0) is 4.74 Å². The Balaban J connectivity index is 1.70. The molecule has 30 heavy (non-hydrogen) atoms. The summed E-state index contributed by atoms with van der Waals surface area (Å²) in [7, 11) is 0. The zero-order valence-corrected chi connectivity index (χ0v) is 19.9. The lowest BCUT2D eigenvalue weighted by atomic mass is 10.1. The van der Waals surface area contributed by atoms with Crippen LogP contribution in [0.1, 0.15) is 41.5 Å². The molecule has 2 aromatic rings. The highest BCUT2D eigenvalue weighted by Gasteiger charge is 2.27. The lowest BCUT2D eigenvalue weighted by Crippen LogP contribution is -2.50. The van der Waals surface area contributed by atoms with Gasteiger partial charge in [-0.3, -0.25) is 0 Å². The van der Waals surface area contributed by atoms with Crippen molar-refractivity contribution in [2.75, 3.05) is 36.4 Å². The Morgan fingerprint density at radius 2 is 1.80 bits per heavy atom. The van der Waals surface area contributed by atoms with Crippen molar-refractivity contribution in [3.05, 3.63) is 17.4 Å². The van der Waals surface area contributed by atoms with E-state index in [4.69, 9.17) is 16.3 Å². The summed E-state index contributed by atoms with van der Waals surface area (Å²) in [5, 5.41) is 14.2. The Bertz CT molecular complexity index is 897. The third-order valence-electron chi connectivity index (χ3n) is 4.23. The largest absolute Gasteiger partial charge is 0.444 e. The molecule has 3 heterocycles. The second kappa shape index (κ2) is 8.55. The van der Waals surface area contributed by atoms with Crippen LogP contribution in [0, 0.1) is 0 Å². The van der Waals surface area contributed by atoms with E-state index in [1.165, 1.54) is 11.3 Å². The van der Waals surface area contributed by atoms with Gasteiger partial charge >= 0.3 is 6.09 Å². The summed E-state index contributed by atoms with van der Waals surface area (Å²) in [4.78, 5) is 20.4. The Labute approximate surface area is 186 Å². The van der Waals surface area contributed by atoms with Gasteiger partial charge in [-0.25, -0.2) is 9.78 Å². The molecule has 1 fully saturated rings. The van der Waals surface area contributed by atoms with Crippen molar-refractivity contribution >= 4 is 39.8 Å². The number of amides is 1. The molecule has 1 N–H and O–H groups in total. The zero-order chi connectivity index (χ0) is 22.1. The Hall–Kier alpha value is -2.13. The summed E-state index contributed by atoms with van der Waals surface area (Å²) in [5.74, 6) is 0. The molecule has 2 aromatic heterocycles. The van der Waals surface area contributed by atoms with Gasteiger partial charge in [0.2, 0.25) is 5.13 Å². The molecule has 0 atom stereocenters. The minimum Gasteiger partial charge on any atom is -0.444 e. The molecule has 3 rings (SSSR count). The van der Waals surface area contributed by atoms with Gasteiger partial charge in [-0.15, -0.1) is 10.2 Å². The Morgan fingerprint density at radius 1 is 1.13 bits per heavy atom. The lowest BCUT2D eigenvalue weighted by Gasteiger charge is -2.35. The van der Waals surface area contributed by atoms with Crippen molar-refractivity contribution in [3.8, 4) is 10.6 Å². The van der Waals surface area contributed by atoms with Crippen molar-refractivity contribution in [2.24, 2.45) is 0 Å². The molecule has 1 aliphatic rings. The number of rotatable bonds is 3. The number of nitrogens with one attached hydrogen (secondary N) is 1. The van der Waals surface area contributed by atoms with Crippen LogP contribution in [0.25, 0.3) is 10.6 Å². The number of anilines is 2. The number of halogens is 1. The van der Waals surface area contributed by atoms with Gasteiger partial charge < -0.3 is 19.9 Å². The lowest BCUT2D eigenvalue weighted by molar-refractivity contribution is 0.0240. The molecular weight excluding hydrogens is 424 g/mol. The maximum absolute atomic E-state index is 12.3. The number of piperazine rings is 1. The van der Waals surface area contributed by atoms with Crippen LogP contribution in [0.2, 0.25) is 5.15 Å². The highest BCUT2D eigenvalue weighted by molar-refractivity contribution is 7.18. The fourth-order valence-electron chi connectivity index (χ4n) is 2.97. The summed E-state index contributed by atoms with van der Waals surface area (Å²) in [6.45, 7) is 14.4. The number of pyridine rings is 1. The second-order valence-electron chi connectivity index (χ2n) is 9.27. The van der Waals surface area contributed by atoms with Gasteiger partial charge in [0, 0.05) is 43.6 Å². The molecule has 0 saturated carbocycles. The van der Waals surface area contributed by atoms with Gasteiger partial charge in [-0.2, -0.15) is 0 Å². The van der Waals surface area contributed by atoms with Crippen LogP contribution in [0.15, 0.2) is 12.3 Å². The molecule has 1 aliphatic heterocycles. The van der Waals surface area contributed by atoms with Gasteiger partial charge in [0.1, 0.15) is 10.8 Å². The molecule has 0 aliphatic carbocycles. The standard InChI is InChI=1S/C20H29ClN6O2S/c1-19(2,3)23-14-11-15(21)22-12-13(14)16-24-25-17(30-16)26-7-9-27(10-8-26)18(28)29-20(4,5)6/h11-12H,7-10H2,1-6H3,(H,22,23). The summed E-state index contributed by atoms with van der Waals surface area (Å²) in [6, 6.07) is 1.81. The molecule has 164 valence electrons. The molecule has 10 heteroatoms. The molecule has 1 amide bonds. The molecule has 0 spiro atoms. The first-order valence-corrected chi connectivity index (χ1v) is 11.1. The average Bonchev–Trinajstić information content (AvgIpc) is 3.09. The molecule has 0 aromatic carbocycles. The highest BCUT2D eigenvalue weighted by atomic mass is 35.5. The molecule has 0 unspecified atom stereocenters. The molecule has 1 saturated heterocycles. The maximum atomic E-state index is 12.3. The van der Waals surface area contributed by atoms with E-state index < -0.39 is 5.60 Å². The first-order chi connectivity index (χ1) is 13.9. The minimum absolute atomic E-state index is 0.134. The smallest absolute Gasteiger partial charge is 0.410 e. The summed E-state index contributed by atoms with van der Waals surface area (Å²) < 4.78 is 5.46. The van der Waals surface area contributed by atoms with E-state index in [0.717, 1.165) is 21.4 Å². The fourth-order valence-corrected chi connectivity index (χ4v) is 4.05. The fraction of sp³-hybridized carbons (Fsp3) is 0.600. The zero-order valence-electron chi connectivity index (χ0n) is 18.3. The van der Waals surface area contributed by atoms with Crippen LogP contribution in [-0.4, -0.2) is 63.5 Å². The van der Waals surface area contributed by atoms with Crippen molar-refractivity contribution < 1.29 is 9.53 Å². The van der Waals surface area contributed by atoms with E-state index in [0.29, 0.717) is 31.3 Å². The van der Waals surface area contributed by atoms with Gasteiger partial charge in [-0.1, -0.05) is 22.9 Å². The van der Waals surface area contributed by atoms with Crippen molar-refractivity contribution in [1.29, 1.82) is 0 Å². The monoisotopic (exact) mass is 452 g/mol. The molecular formula is C20H29ClN6O2S. The summed E-state index contributed by atoms with van der Waals surface area (Å²) in [5.41, 5.74) is 1.11. The van der Waals surface area contributed by atoms with E-state index in [2.05, 4.69) is 46.2 Å². The topological polar surface area (TPSA) is 83.5 Å². The third-order valence-corrected chi connectivity index (χ3v) is 5.45. The minimum atomic E-state index is -0.492. The Morgan fingerprint density at radius 3 is 2.40 bits per heavy atom. The predicted molar refractivity (Wildman–Crippen MR) is 122 cm³/mol. The van der Waals surface area contributed by atoms with Crippen molar-refractivity contribution in [1.82, 2.24) is 20.1 Å². The maximum Gasteiger partial charge on any atom is 0.410 e. The van der Waals surface area contributed by atoms with E-state index in [1.54, 1.807) is 11.1 Å². The van der Waals surface area contributed by atoms with E-state index in [1.807, 2.05) is 26.8 Å². The first-order valence-electron chi connectivity index (χ1n) is 9.92. The Kier molecular flexibility index (Phi) is 6.43. The van der Waals surface area contributed by atoms with Gasteiger partial charge in [0.25, 0.3) is 0 Å². The van der Waals surface area contributed by atoms with Crippen LogP contribution in [0.5, 0.6) is 0 Å². The first kappa shape index (κ1) is 22.6. The van der Waals surface area contributed by atoms with Gasteiger partial charge in [0.05, 0.1) is 5.56 Å². The highest BCUT2D eigenvalue weighted by Crippen LogP contribution is 2.35. The average molecular weight is 453 g/mol. The van der Waals surface area contributed by atoms with E-state index in [-0.39, 0.29) is 11.6 Å². The van der Waals surface area contributed by atoms with Crippen LogP contribution in [0.3, 0.4) is 0 Å². The third kappa shape index (κ3) is 5.95. The second-order valence-corrected chi connectivity index (χ2v) is 10.6. The normalized spacial score (nSPS) is 15.3. The van der Waals surface area contributed by atoms with Gasteiger partial charge in [-0.05, 0) is 47.6 Å². The molecule has 0 bridgehead atoms. The van der Waals surface area contributed by atoms with Gasteiger partial charge in [0.15, 0.2) is 5.01 Å². The van der Waals surface area contributed by atoms with Crippen LogP contribution < -0.4 is 10.2 Å². The molecule has 8 nitrogen and oxygen atoms in total. The van der Waals surface area contributed by atoms with Crippen molar-refractivity contribution in [3.63, 3.8) is 0 Å². The number of nitrogens with zero attached hydrogens (tertiary/aromatic N) is 5. The predicted octanol–water partition coefficient (Wildman–Crippen LogP) is 4.52. The van der Waals surface area contributed by atoms with Crippen molar-refractivity contribution in [2.45, 2.75) is 52.7 Å². The van der Waals surface area contributed by atoms with Crippen LogP contribution >= 0.6 is 22.9 Å². The number of carbonyl (C=O) groups excluding carboxylic acids is 1. The summed E-state index contributed by atoms with van der Waals surface area (Å²) >= 11 is 7.61. The number of hydrogen-bond donors (Lipinski definition) is 1. The van der Waals surface area contributed by atoms with E-state index >= 15 is 0 Å². The number of carbonyl (C=O) groups is 1. The quantitative estimate of drug-likeness (QED) is 0.685. The number of ether oxygens (including phenoxy) is 1. The SMILES string of the molecule is CC(C)(C)Nc1cc(Cl)ncc1-c1nnc(N2CCN(C(=O)OC(C)(C)C)CC2)s1. The number of aromatic nitrogens is 3. The van der Waals surface area contributed by atoms with E-state index in [9.17, 15) is 4.79 Å². The van der Waals surface area contributed by atoms with Crippen LogP contribution in [0.4, 0.5) is 15.6 Å². The molecule has 0 radical (unpaired) electrons. The summed E-state index contributed by atoms with van der Waals surface area (Å²) in [6.07, 6.45) is 1.45.